The van der Waals surface area contributed by atoms with Crippen molar-refractivity contribution in [1.29, 1.82) is 0 Å². The van der Waals surface area contributed by atoms with Gasteiger partial charge in [-0.2, -0.15) is 0 Å². The Hall–Kier alpha value is -0.830. The highest BCUT2D eigenvalue weighted by molar-refractivity contribution is 6.29. The van der Waals surface area contributed by atoms with Crippen LogP contribution in [0.4, 0.5) is 5.82 Å². The maximum absolute atomic E-state index is 5.83. The van der Waals surface area contributed by atoms with Crippen molar-refractivity contribution in [2.75, 3.05) is 11.9 Å². The van der Waals surface area contributed by atoms with E-state index >= 15 is 0 Å². The molecule has 1 aromatic heterocycles. The minimum atomic E-state index is 0.509. The van der Waals surface area contributed by atoms with Crippen LogP contribution >= 0.6 is 11.6 Å². The first-order valence-electron chi connectivity index (χ1n) is 4.53. The molecule has 0 saturated carbocycles. The number of hydrogen-bond acceptors (Lipinski definition) is 3. The number of anilines is 1. The van der Waals surface area contributed by atoms with Crippen LogP contribution in [0.15, 0.2) is 6.07 Å². The van der Waals surface area contributed by atoms with Gasteiger partial charge in [0.1, 0.15) is 16.8 Å². The zero-order valence-corrected chi connectivity index (χ0v) is 8.73. The van der Waals surface area contributed by atoms with Gasteiger partial charge in [-0.3, -0.25) is 0 Å². The molecule has 0 aliphatic carbocycles. The van der Waals surface area contributed by atoms with Gasteiger partial charge in [0, 0.05) is 19.0 Å². The van der Waals surface area contributed by atoms with E-state index in [-0.39, 0.29) is 0 Å². The molecule has 1 aromatic rings. The summed E-state index contributed by atoms with van der Waals surface area (Å²) in [6.45, 7) is 4.96. The Kier molecular flexibility index (Phi) is 3.96. The maximum atomic E-state index is 5.83. The van der Waals surface area contributed by atoms with E-state index in [0.29, 0.717) is 5.15 Å². The summed E-state index contributed by atoms with van der Waals surface area (Å²) in [4.78, 5) is 8.43. The Labute approximate surface area is 83.5 Å². The molecule has 3 nitrogen and oxygen atoms in total. The van der Waals surface area contributed by atoms with Crippen molar-refractivity contribution >= 4 is 17.4 Å². The molecule has 72 valence electrons. The number of halogens is 1. The Morgan fingerprint density at radius 2 is 2.15 bits per heavy atom. The van der Waals surface area contributed by atoms with Gasteiger partial charge in [0.2, 0.25) is 0 Å². The molecule has 13 heavy (non-hydrogen) atoms. The average molecular weight is 200 g/mol. The van der Waals surface area contributed by atoms with Gasteiger partial charge < -0.3 is 5.32 Å². The number of nitrogens with zero attached hydrogens (tertiary/aromatic N) is 2. The smallest absolute Gasteiger partial charge is 0.134 e. The second-order valence-corrected chi connectivity index (χ2v) is 3.16. The fourth-order valence-electron chi connectivity index (χ4n) is 1.07. The molecule has 0 bridgehead atoms. The third-order valence-electron chi connectivity index (χ3n) is 1.57. The van der Waals surface area contributed by atoms with Gasteiger partial charge in [0.25, 0.3) is 0 Å². The molecule has 0 saturated heterocycles. The van der Waals surface area contributed by atoms with Crippen molar-refractivity contribution < 1.29 is 0 Å². The molecule has 0 spiro atoms. The van der Waals surface area contributed by atoms with Gasteiger partial charge >= 0.3 is 0 Å². The van der Waals surface area contributed by atoms with Crippen LogP contribution in [0.5, 0.6) is 0 Å². The third-order valence-corrected chi connectivity index (χ3v) is 1.77. The SMILES string of the molecule is CCCc1nc(Cl)cc(NCC)n1. The molecular weight excluding hydrogens is 186 g/mol. The summed E-state index contributed by atoms with van der Waals surface area (Å²) in [5.41, 5.74) is 0. The van der Waals surface area contributed by atoms with E-state index in [2.05, 4.69) is 22.2 Å². The van der Waals surface area contributed by atoms with Crippen LogP contribution in [0, 0.1) is 0 Å². The van der Waals surface area contributed by atoms with Crippen molar-refractivity contribution in [2.45, 2.75) is 26.7 Å². The van der Waals surface area contributed by atoms with Crippen molar-refractivity contribution in [3.05, 3.63) is 17.0 Å². The standard InChI is InChI=1S/C9H14ClN3/c1-3-5-8-12-7(10)6-9(13-8)11-4-2/h6H,3-5H2,1-2H3,(H,11,12,13). The van der Waals surface area contributed by atoms with Crippen molar-refractivity contribution in [3.63, 3.8) is 0 Å². The lowest BCUT2D eigenvalue weighted by atomic mass is 10.3. The molecule has 1 N–H and O–H groups in total. The Morgan fingerprint density at radius 3 is 2.77 bits per heavy atom. The van der Waals surface area contributed by atoms with E-state index in [1.165, 1.54) is 0 Å². The van der Waals surface area contributed by atoms with Gasteiger partial charge in [-0.15, -0.1) is 0 Å². The van der Waals surface area contributed by atoms with Crippen LogP contribution in [0.3, 0.4) is 0 Å². The molecule has 0 amide bonds. The predicted octanol–water partition coefficient (Wildman–Crippen LogP) is 2.51. The van der Waals surface area contributed by atoms with Gasteiger partial charge in [-0.05, 0) is 13.3 Å². The number of aromatic nitrogens is 2. The summed E-state index contributed by atoms with van der Waals surface area (Å²) in [6.07, 6.45) is 1.91. The lowest BCUT2D eigenvalue weighted by Gasteiger charge is -2.04. The highest BCUT2D eigenvalue weighted by atomic mass is 35.5. The molecule has 1 rings (SSSR count). The van der Waals surface area contributed by atoms with Gasteiger partial charge in [0.15, 0.2) is 0 Å². The number of hydrogen-bond donors (Lipinski definition) is 1. The quantitative estimate of drug-likeness (QED) is 0.758. The van der Waals surface area contributed by atoms with Gasteiger partial charge in [-0.1, -0.05) is 18.5 Å². The van der Waals surface area contributed by atoms with Crippen LogP contribution in [0.1, 0.15) is 26.1 Å². The predicted molar refractivity (Wildman–Crippen MR) is 55.2 cm³/mol. The third kappa shape index (κ3) is 3.19. The first-order chi connectivity index (χ1) is 6.26. The fourth-order valence-corrected chi connectivity index (χ4v) is 1.27. The second kappa shape index (κ2) is 5.02. The summed E-state index contributed by atoms with van der Waals surface area (Å²) in [7, 11) is 0. The molecular formula is C9H14ClN3. The van der Waals surface area contributed by atoms with E-state index in [0.717, 1.165) is 31.0 Å². The lowest BCUT2D eigenvalue weighted by molar-refractivity contribution is 0.834. The summed E-state index contributed by atoms with van der Waals surface area (Å²) in [5, 5.41) is 3.62. The molecule has 0 radical (unpaired) electrons. The van der Waals surface area contributed by atoms with Crippen LogP contribution < -0.4 is 5.32 Å². The molecule has 0 atom stereocenters. The zero-order chi connectivity index (χ0) is 9.68. The lowest BCUT2D eigenvalue weighted by Crippen LogP contribution is -2.03. The summed E-state index contributed by atoms with van der Waals surface area (Å²) >= 11 is 5.83. The average Bonchev–Trinajstić information content (AvgIpc) is 2.04. The number of aryl methyl sites for hydroxylation is 1. The molecule has 4 heteroatoms. The van der Waals surface area contributed by atoms with Gasteiger partial charge in [0.05, 0.1) is 0 Å². The van der Waals surface area contributed by atoms with E-state index in [9.17, 15) is 0 Å². The van der Waals surface area contributed by atoms with Crippen LogP contribution in [0.2, 0.25) is 5.15 Å². The van der Waals surface area contributed by atoms with Gasteiger partial charge in [-0.25, -0.2) is 9.97 Å². The van der Waals surface area contributed by atoms with E-state index in [4.69, 9.17) is 11.6 Å². The molecule has 0 aliphatic heterocycles. The normalized spacial score (nSPS) is 10.1. The molecule has 0 fully saturated rings. The van der Waals surface area contributed by atoms with Crippen LogP contribution in [-0.2, 0) is 6.42 Å². The summed E-state index contributed by atoms with van der Waals surface area (Å²) < 4.78 is 0. The second-order valence-electron chi connectivity index (χ2n) is 2.77. The van der Waals surface area contributed by atoms with Crippen molar-refractivity contribution in [2.24, 2.45) is 0 Å². The first-order valence-corrected chi connectivity index (χ1v) is 4.91. The van der Waals surface area contributed by atoms with Crippen molar-refractivity contribution in [1.82, 2.24) is 9.97 Å². The highest BCUT2D eigenvalue weighted by Crippen LogP contribution is 2.11. The number of nitrogens with one attached hydrogen (secondary N) is 1. The zero-order valence-electron chi connectivity index (χ0n) is 7.97. The minimum Gasteiger partial charge on any atom is -0.370 e. The summed E-state index contributed by atoms with van der Waals surface area (Å²) in [6, 6.07) is 1.74. The van der Waals surface area contributed by atoms with E-state index in [1.54, 1.807) is 6.07 Å². The molecule has 0 aliphatic rings. The largest absolute Gasteiger partial charge is 0.370 e. The first kappa shape index (κ1) is 10.3. The Bertz CT molecular complexity index is 251. The molecule has 1 heterocycles. The van der Waals surface area contributed by atoms with E-state index < -0.39 is 0 Å². The monoisotopic (exact) mass is 199 g/mol. The number of rotatable bonds is 4. The molecule has 0 aromatic carbocycles. The summed E-state index contributed by atoms with van der Waals surface area (Å²) in [5.74, 6) is 1.62. The molecule has 0 unspecified atom stereocenters. The maximum Gasteiger partial charge on any atom is 0.134 e. The van der Waals surface area contributed by atoms with Crippen LogP contribution in [0.25, 0.3) is 0 Å². The Morgan fingerprint density at radius 1 is 1.38 bits per heavy atom. The minimum absolute atomic E-state index is 0.509. The van der Waals surface area contributed by atoms with E-state index in [1.807, 2.05) is 6.92 Å². The highest BCUT2D eigenvalue weighted by Gasteiger charge is 2.00. The Balaban J connectivity index is 2.83. The van der Waals surface area contributed by atoms with Crippen LogP contribution in [-0.4, -0.2) is 16.5 Å². The topological polar surface area (TPSA) is 37.8 Å². The van der Waals surface area contributed by atoms with Crippen molar-refractivity contribution in [3.8, 4) is 0 Å². The fraction of sp³-hybridized carbons (Fsp3) is 0.556.